The highest BCUT2D eigenvalue weighted by atomic mass is 16.5. The van der Waals surface area contributed by atoms with E-state index in [1.807, 2.05) is 70.2 Å². The Hall–Kier alpha value is -3.01. The summed E-state index contributed by atoms with van der Waals surface area (Å²) >= 11 is 0. The van der Waals surface area contributed by atoms with Gasteiger partial charge in [-0.05, 0) is 42.7 Å². The van der Waals surface area contributed by atoms with Crippen molar-refractivity contribution in [2.45, 2.75) is 39.2 Å². The van der Waals surface area contributed by atoms with Gasteiger partial charge in [-0.25, -0.2) is 4.79 Å². The zero-order valence-electron chi connectivity index (χ0n) is 17.1. The summed E-state index contributed by atoms with van der Waals surface area (Å²) in [5.74, 6) is 0.689. The maximum Gasteiger partial charge on any atom is 0.405 e. The van der Waals surface area contributed by atoms with Crippen LogP contribution in [0.1, 0.15) is 44.4 Å². The van der Waals surface area contributed by atoms with Crippen molar-refractivity contribution in [1.82, 2.24) is 5.32 Å². The van der Waals surface area contributed by atoms with Crippen LogP contribution in [0.25, 0.3) is 11.1 Å². The highest BCUT2D eigenvalue weighted by Gasteiger charge is 2.33. The van der Waals surface area contributed by atoms with Gasteiger partial charge in [0, 0.05) is 5.41 Å². The number of carboxylic acid groups (broad SMARTS) is 1. The summed E-state index contributed by atoms with van der Waals surface area (Å²) in [4.78, 5) is 11.4. The molecule has 2 aromatic rings. The highest BCUT2D eigenvalue weighted by molar-refractivity contribution is 5.66. The lowest BCUT2D eigenvalue weighted by Crippen LogP contribution is -2.50. The third kappa shape index (κ3) is 5.26. The standard InChI is InChI=1S/C24H29NO3/c1-16(2)18-10-12-21(13-11-18)28-15-22(25-23(26)27)24(5,6)20-9-7-8-19(14-20)17(3)4/h7-14,22,25H,1,3,15H2,2,4-6H3,(H,26,27). The molecule has 0 saturated carbocycles. The first-order valence-corrected chi connectivity index (χ1v) is 9.26. The Morgan fingerprint density at radius 2 is 1.68 bits per heavy atom. The molecule has 2 aromatic carbocycles. The van der Waals surface area contributed by atoms with E-state index in [1.165, 1.54) is 0 Å². The number of hydrogen-bond acceptors (Lipinski definition) is 2. The van der Waals surface area contributed by atoms with Crippen LogP contribution in [0.5, 0.6) is 5.75 Å². The van der Waals surface area contributed by atoms with Crippen LogP contribution in [-0.4, -0.2) is 23.8 Å². The third-order valence-corrected chi connectivity index (χ3v) is 5.03. The predicted octanol–water partition coefficient (Wildman–Crippen LogP) is 5.75. The first kappa shape index (κ1) is 21.3. The largest absolute Gasteiger partial charge is 0.491 e. The van der Waals surface area contributed by atoms with Gasteiger partial charge in [0.25, 0.3) is 0 Å². The molecule has 0 fully saturated rings. The summed E-state index contributed by atoms with van der Waals surface area (Å²) in [6.07, 6.45) is -1.07. The summed E-state index contributed by atoms with van der Waals surface area (Å²) in [6, 6.07) is 15.2. The van der Waals surface area contributed by atoms with Gasteiger partial charge in [-0.3, -0.25) is 0 Å². The Kier molecular flexibility index (Phi) is 6.68. The first-order chi connectivity index (χ1) is 13.1. The van der Waals surface area contributed by atoms with Gasteiger partial charge in [-0.2, -0.15) is 0 Å². The molecule has 0 aliphatic rings. The predicted molar refractivity (Wildman–Crippen MR) is 116 cm³/mol. The molecule has 0 saturated heterocycles. The molecular weight excluding hydrogens is 350 g/mol. The van der Waals surface area contributed by atoms with Crippen LogP contribution in [0.15, 0.2) is 61.7 Å². The van der Waals surface area contributed by atoms with Crippen molar-refractivity contribution in [3.05, 3.63) is 78.4 Å². The van der Waals surface area contributed by atoms with E-state index in [-0.39, 0.29) is 6.61 Å². The zero-order chi connectivity index (χ0) is 20.9. The van der Waals surface area contributed by atoms with E-state index < -0.39 is 17.6 Å². The van der Waals surface area contributed by atoms with Crippen molar-refractivity contribution < 1.29 is 14.6 Å². The molecule has 0 radical (unpaired) electrons. The van der Waals surface area contributed by atoms with Crippen LogP contribution >= 0.6 is 0 Å². The summed E-state index contributed by atoms with van der Waals surface area (Å²) in [7, 11) is 0. The van der Waals surface area contributed by atoms with Crippen molar-refractivity contribution >= 4 is 17.2 Å². The summed E-state index contributed by atoms with van der Waals surface area (Å²) in [5.41, 5.74) is 4.57. The van der Waals surface area contributed by atoms with E-state index in [0.29, 0.717) is 5.75 Å². The van der Waals surface area contributed by atoms with Crippen molar-refractivity contribution in [3.8, 4) is 5.75 Å². The Morgan fingerprint density at radius 1 is 1.07 bits per heavy atom. The van der Waals surface area contributed by atoms with Gasteiger partial charge in [0.2, 0.25) is 0 Å². The van der Waals surface area contributed by atoms with Gasteiger partial charge in [-0.1, -0.05) is 74.5 Å². The zero-order valence-corrected chi connectivity index (χ0v) is 17.1. The van der Waals surface area contributed by atoms with Crippen LogP contribution in [-0.2, 0) is 5.41 Å². The molecule has 1 unspecified atom stereocenters. The third-order valence-electron chi connectivity index (χ3n) is 5.03. The van der Waals surface area contributed by atoms with Gasteiger partial charge in [-0.15, -0.1) is 0 Å². The minimum atomic E-state index is -1.07. The van der Waals surface area contributed by atoms with Crippen LogP contribution < -0.4 is 10.1 Å². The minimum Gasteiger partial charge on any atom is -0.491 e. The molecular formula is C24H29NO3. The summed E-state index contributed by atoms with van der Waals surface area (Å²) in [6.45, 7) is 16.1. The molecule has 0 bridgehead atoms. The van der Waals surface area contributed by atoms with Gasteiger partial charge in [0.15, 0.2) is 0 Å². The molecule has 0 aliphatic carbocycles. The Balaban J connectivity index is 2.23. The van der Waals surface area contributed by atoms with Gasteiger partial charge >= 0.3 is 6.09 Å². The second-order valence-corrected chi connectivity index (χ2v) is 7.70. The smallest absolute Gasteiger partial charge is 0.405 e. The molecule has 0 aromatic heterocycles. The fourth-order valence-electron chi connectivity index (χ4n) is 2.98. The number of ether oxygens (including phenoxy) is 1. The van der Waals surface area contributed by atoms with E-state index in [1.54, 1.807) is 0 Å². The second kappa shape index (κ2) is 8.79. The summed E-state index contributed by atoms with van der Waals surface area (Å²) in [5, 5.41) is 12.0. The first-order valence-electron chi connectivity index (χ1n) is 9.26. The molecule has 4 nitrogen and oxygen atoms in total. The highest BCUT2D eigenvalue weighted by Crippen LogP contribution is 2.30. The molecule has 2 rings (SSSR count). The monoisotopic (exact) mass is 379 g/mol. The van der Waals surface area contributed by atoms with Crippen molar-refractivity contribution in [1.29, 1.82) is 0 Å². The summed E-state index contributed by atoms with van der Waals surface area (Å²) < 4.78 is 5.92. The lowest BCUT2D eigenvalue weighted by atomic mass is 9.77. The quantitative estimate of drug-likeness (QED) is 0.614. The number of carbonyl (C=O) groups is 1. The molecule has 148 valence electrons. The maximum atomic E-state index is 11.4. The SMILES string of the molecule is C=C(C)c1ccc(OCC(NC(=O)O)C(C)(C)c2cccc(C(=C)C)c2)cc1. The Bertz CT molecular complexity index is 866. The molecule has 1 amide bonds. The van der Waals surface area contributed by atoms with E-state index >= 15 is 0 Å². The van der Waals surface area contributed by atoms with Crippen molar-refractivity contribution in [3.63, 3.8) is 0 Å². The second-order valence-electron chi connectivity index (χ2n) is 7.70. The lowest BCUT2D eigenvalue weighted by molar-refractivity contribution is 0.164. The van der Waals surface area contributed by atoms with E-state index in [9.17, 15) is 9.90 Å². The number of benzene rings is 2. The van der Waals surface area contributed by atoms with Crippen LogP contribution in [0, 0.1) is 0 Å². The minimum absolute atomic E-state index is 0.211. The number of hydrogen-bond donors (Lipinski definition) is 2. The molecule has 0 aliphatic heterocycles. The molecule has 28 heavy (non-hydrogen) atoms. The van der Waals surface area contributed by atoms with Crippen LogP contribution in [0.3, 0.4) is 0 Å². The molecule has 0 spiro atoms. The van der Waals surface area contributed by atoms with Crippen molar-refractivity contribution in [2.75, 3.05) is 6.61 Å². The number of amides is 1. The molecule has 1 atom stereocenters. The topological polar surface area (TPSA) is 58.6 Å². The van der Waals surface area contributed by atoms with E-state index in [0.717, 1.165) is 27.8 Å². The maximum absolute atomic E-state index is 11.4. The normalized spacial score (nSPS) is 12.1. The molecule has 0 heterocycles. The lowest BCUT2D eigenvalue weighted by Gasteiger charge is -2.35. The van der Waals surface area contributed by atoms with Crippen molar-refractivity contribution in [2.24, 2.45) is 0 Å². The average Bonchev–Trinajstić information content (AvgIpc) is 2.65. The molecule has 2 N–H and O–H groups in total. The number of rotatable bonds is 8. The number of nitrogens with one attached hydrogen (secondary N) is 1. The fourth-order valence-corrected chi connectivity index (χ4v) is 2.98. The van der Waals surface area contributed by atoms with E-state index in [4.69, 9.17) is 4.74 Å². The fraction of sp³-hybridized carbons (Fsp3) is 0.292. The number of allylic oxidation sites excluding steroid dienone is 2. The molecule has 4 heteroatoms. The Labute approximate surface area is 167 Å². The van der Waals surface area contributed by atoms with E-state index in [2.05, 4.69) is 24.5 Å². The average molecular weight is 380 g/mol. The van der Waals surface area contributed by atoms with Gasteiger partial charge in [0.1, 0.15) is 12.4 Å². The van der Waals surface area contributed by atoms with Gasteiger partial charge < -0.3 is 15.2 Å². The van der Waals surface area contributed by atoms with Crippen LogP contribution in [0.4, 0.5) is 4.79 Å². The Morgan fingerprint density at radius 3 is 2.21 bits per heavy atom. The van der Waals surface area contributed by atoms with Crippen LogP contribution in [0.2, 0.25) is 0 Å². The van der Waals surface area contributed by atoms with Gasteiger partial charge in [0.05, 0.1) is 6.04 Å².